The van der Waals surface area contributed by atoms with Crippen molar-refractivity contribution in [2.75, 3.05) is 31.7 Å². The van der Waals surface area contributed by atoms with Crippen molar-refractivity contribution in [2.45, 2.75) is 31.9 Å². The number of fused-ring (bicyclic) bond motifs is 1. The molecule has 0 aliphatic carbocycles. The lowest BCUT2D eigenvalue weighted by atomic mass is 10.0. The molecule has 2 unspecified atom stereocenters. The Morgan fingerprint density at radius 2 is 2.29 bits per heavy atom. The van der Waals surface area contributed by atoms with E-state index in [-0.39, 0.29) is 11.9 Å². The monoisotopic (exact) mass is 292 g/mol. The van der Waals surface area contributed by atoms with Crippen molar-refractivity contribution in [1.29, 1.82) is 0 Å². The first-order valence-corrected chi connectivity index (χ1v) is 7.45. The summed E-state index contributed by atoms with van der Waals surface area (Å²) in [5, 5.41) is 13.1. The molecular weight excluding hydrogens is 268 g/mol. The first-order valence-electron chi connectivity index (χ1n) is 7.45. The fourth-order valence-electron chi connectivity index (χ4n) is 2.73. The highest BCUT2D eigenvalue weighted by Gasteiger charge is 2.27. The van der Waals surface area contributed by atoms with Crippen LogP contribution in [-0.4, -0.2) is 43.9 Å². The van der Waals surface area contributed by atoms with Gasteiger partial charge in [0.15, 0.2) is 0 Å². The standard InChI is InChI=1S/C16H24N2O3/c1-12(16(20)17-9-11-21-2)18-10-5-8-15(19)13-6-3-4-7-14(13)18/h3-4,6-7,12,15,19H,5,8-11H2,1-2H3,(H,17,20). The summed E-state index contributed by atoms with van der Waals surface area (Å²) in [6.07, 6.45) is 1.15. The number of nitrogens with one attached hydrogen (secondary N) is 1. The van der Waals surface area contributed by atoms with E-state index in [1.807, 2.05) is 31.2 Å². The number of para-hydroxylation sites is 1. The Labute approximate surface area is 125 Å². The molecule has 0 aromatic heterocycles. The lowest BCUT2D eigenvalue weighted by Gasteiger charge is -2.30. The van der Waals surface area contributed by atoms with Crippen LogP contribution in [0.4, 0.5) is 5.69 Å². The van der Waals surface area contributed by atoms with Crippen molar-refractivity contribution in [3.05, 3.63) is 29.8 Å². The van der Waals surface area contributed by atoms with Crippen molar-refractivity contribution in [3.63, 3.8) is 0 Å². The third-order valence-corrected chi connectivity index (χ3v) is 3.93. The van der Waals surface area contributed by atoms with Crippen LogP contribution in [0.5, 0.6) is 0 Å². The Bertz CT molecular complexity index is 478. The van der Waals surface area contributed by atoms with E-state index < -0.39 is 6.10 Å². The number of carbonyl (C=O) groups is 1. The molecule has 2 atom stereocenters. The SMILES string of the molecule is COCCNC(=O)C(C)N1CCCC(O)c2ccccc21. The molecule has 1 aliphatic rings. The normalized spacial score (nSPS) is 19.6. The Morgan fingerprint density at radius 1 is 1.52 bits per heavy atom. The van der Waals surface area contributed by atoms with E-state index in [1.54, 1.807) is 7.11 Å². The fraction of sp³-hybridized carbons (Fsp3) is 0.562. The van der Waals surface area contributed by atoms with Crippen LogP contribution >= 0.6 is 0 Å². The highest BCUT2D eigenvalue weighted by atomic mass is 16.5. The second kappa shape index (κ2) is 7.43. The first kappa shape index (κ1) is 15.8. The van der Waals surface area contributed by atoms with Crippen molar-refractivity contribution in [2.24, 2.45) is 0 Å². The van der Waals surface area contributed by atoms with Crippen LogP contribution in [-0.2, 0) is 9.53 Å². The largest absolute Gasteiger partial charge is 0.388 e. The molecule has 0 saturated heterocycles. The predicted octanol–water partition coefficient (Wildman–Crippen LogP) is 1.47. The minimum atomic E-state index is -0.449. The average Bonchev–Trinajstić information content (AvgIpc) is 2.66. The molecule has 116 valence electrons. The molecular formula is C16H24N2O3. The van der Waals surface area contributed by atoms with Gasteiger partial charge in [0, 0.05) is 31.5 Å². The lowest BCUT2D eigenvalue weighted by molar-refractivity contribution is -0.122. The van der Waals surface area contributed by atoms with E-state index in [1.165, 1.54) is 0 Å². The number of aliphatic hydroxyl groups is 1. The number of carbonyl (C=O) groups excluding carboxylic acids is 1. The molecule has 5 nitrogen and oxygen atoms in total. The fourth-order valence-corrected chi connectivity index (χ4v) is 2.73. The molecule has 0 bridgehead atoms. The molecule has 1 aliphatic heterocycles. The van der Waals surface area contributed by atoms with Gasteiger partial charge in [0.05, 0.1) is 12.7 Å². The molecule has 1 heterocycles. The number of benzene rings is 1. The topological polar surface area (TPSA) is 61.8 Å². The molecule has 0 spiro atoms. The highest BCUT2D eigenvalue weighted by molar-refractivity contribution is 5.85. The van der Waals surface area contributed by atoms with Gasteiger partial charge in [0.2, 0.25) is 5.91 Å². The van der Waals surface area contributed by atoms with Crippen molar-refractivity contribution in [3.8, 4) is 0 Å². The number of aliphatic hydroxyl groups excluding tert-OH is 1. The zero-order valence-electron chi connectivity index (χ0n) is 12.7. The van der Waals surface area contributed by atoms with E-state index in [2.05, 4.69) is 10.2 Å². The molecule has 21 heavy (non-hydrogen) atoms. The lowest BCUT2D eigenvalue weighted by Crippen LogP contribution is -2.46. The molecule has 1 aromatic carbocycles. The maximum Gasteiger partial charge on any atom is 0.242 e. The summed E-state index contributed by atoms with van der Waals surface area (Å²) in [5.41, 5.74) is 1.86. The van der Waals surface area contributed by atoms with E-state index in [0.717, 1.165) is 30.6 Å². The van der Waals surface area contributed by atoms with Gasteiger partial charge in [-0.3, -0.25) is 4.79 Å². The van der Waals surface area contributed by atoms with Gasteiger partial charge in [-0.2, -0.15) is 0 Å². The van der Waals surface area contributed by atoms with Crippen molar-refractivity contribution >= 4 is 11.6 Å². The molecule has 0 saturated carbocycles. The first-order chi connectivity index (χ1) is 10.1. The van der Waals surface area contributed by atoms with E-state index >= 15 is 0 Å². The number of amides is 1. The average molecular weight is 292 g/mol. The Kier molecular flexibility index (Phi) is 5.59. The third-order valence-electron chi connectivity index (χ3n) is 3.93. The third kappa shape index (κ3) is 3.74. The summed E-state index contributed by atoms with van der Waals surface area (Å²) >= 11 is 0. The van der Waals surface area contributed by atoms with Gasteiger partial charge in [0.25, 0.3) is 0 Å². The summed E-state index contributed by atoms with van der Waals surface area (Å²) < 4.78 is 4.95. The Hall–Kier alpha value is -1.59. The van der Waals surface area contributed by atoms with Gasteiger partial charge >= 0.3 is 0 Å². The minimum Gasteiger partial charge on any atom is -0.388 e. The number of methoxy groups -OCH3 is 1. The maximum absolute atomic E-state index is 12.2. The maximum atomic E-state index is 12.2. The minimum absolute atomic E-state index is 0.0155. The van der Waals surface area contributed by atoms with Gasteiger partial charge < -0.3 is 20.1 Å². The smallest absolute Gasteiger partial charge is 0.242 e. The molecule has 1 aromatic rings. The quantitative estimate of drug-likeness (QED) is 0.807. The van der Waals surface area contributed by atoms with Gasteiger partial charge in [-0.15, -0.1) is 0 Å². The predicted molar refractivity (Wildman–Crippen MR) is 82.3 cm³/mol. The van der Waals surface area contributed by atoms with Crippen molar-refractivity contribution < 1.29 is 14.6 Å². The van der Waals surface area contributed by atoms with Gasteiger partial charge in [-0.25, -0.2) is 0 Å². The van der Waals surface area contributed by atoms with Crippen LogP contribution in [0.2, 0.25) is 0 Å². The molecule has 0 radical (unpaired) electrons. The van der Waals surface area contributed by atoms with Crippen LogP contribution in [0.1, 0.15) is 31.4 Å². The molecule has 5 heteroatoms. The molecule has 0 fully saturated rings. The molecule has 2 N–H and O–H groups in total. The summed E-state index contributed by atoms with van der Waals surface area (Å²) in [6, 6.07) is 7.51. The van der Waals surface area contributed by atoms with Crippen LogP contribution in [0, 0.1) is 0 Å². The number of hydrogen-bond donors (Lipinski definition) is 2. The Morgan fingerprint density at radius 3 is 3.05 bits per heavy atom. The van der Waals surface area contributed by atoms with Crippen LogP contribution in [0.3, 0.4) is 0 Å². The highest BCUT2D eigenvalue weighted by Crippen LogP contribution is 2.33. The number of ether oxygens (including phenoxy) is 1. The van der Waals surface area contributed by atoms with E-state index in [4.69, 9.17) is 4.74 Å². The van der Waals surface area contributed by atoms with E-state index in [9.17, 15) is 9.90 Å². The number of nitrogens with zero attached hydrogens (tertiary/aromatic N) is 1. The number of rotatable bonds is 5. The van der Waals surface area contributed by atoms with Gasteiger partial charge in [-0.05, 0) is 25.8 Å². The van der Waals surface area contributed by atoms with Crippen LogP contribution in [0.15, 0.2) is 24.3 Å². The Balaban J connectivity index is 2.14. The van der Waals surface area contributed by atoms with Crippen LogP contribution in [0.25, 0.3) is 0 Å². The summed E-state index contributed by atoms with van der Waals surface area (Å²) in [4.78, 5) is 14.3. The van der Waals surface area contributed by atoms with E-state index in [0.29, 0.717) is 13.2 Å². The summed E-state index contributed by atoms with van der Waals surface area (Å²) in [6.45, 7) is 3.69. The second-order valence-corrected chi connectivity index (χ2v) is 5.37. The molecule has 2 rings (SSSR count). The van der Waals surface area contributed by atoms with Gasteiger partial charge in [-0.1, -0.05) is 18.2 Å². The zero-order valence-corrected chi connectivity index (χ0v) is 12.7. The summed E-state index contributed by atoms with van der Waals surface area (Å²) in [7, 11) is 1.61. The second-order valence-electron chi connectivity index (χ2n) is 5.37. The van der Waals surface area contributed by atoms with Crippen molar-refractivity contribution in [1.82, 2.24) is 5.32 Å². The molecule has 1 amide bonds. The van der Waals surface area contributed by atoms with Crippen LogP contribution < -0.4 is 10.2 Å². The van der Waals surface area contributed by atoms with Gasteiger partial charge in [0.1, 0.15) is 6.04 Å². The number of anilines is 1. The summed E-state index contributed by atoms with van der Waals surface area (Å²) in [5.74, 6) is -0.0155. The number of hydrogen-bond acceptors (Lipinski definition) is 4. The zero-order chi connectivity index (χ0) is 15.2.